The second kappa shape index (κ2) is 9.11. The Kier molecular flexibility index (Phi) is 7.82. The van der Waals surface area contributed by atoms with Gasteiger partial charge in [0.25, 0.3) is 0 Å². The summed E-state index contributed by atoms with van der Waals surface area (Å²) in [5.41, 5.74) is 2.28. The molecule has 114 valence electrons. The topological polar surface area (TPSA) is 52.5 Å². The summed E-state index contributed by atoms with van der Waals surface area (Å²) in [5, 5.41) is 22.7. The van der Waals surface area contributed by atoms with E-state index < -0.39 is 6.10 Å². The Balaban J connectivity index is 2.69. The van der Waals surface area contributed by atoms with Crippen LogP contribution >= 0.6 is 0 Å². The largest absolute Gasteiger partial charge is 0.396 e. The summed E-state index contributed by atoms with van der Waals surface area (Å²) in [5.74, 6) is 0.332. The molecular weight excluding hydrogens is 250 g/mol. The van der Waals surface area contributed by atoms with Crippen LogP contribution in [-0.4, -0.2) is 29.4 Å². The van der Waals surface area contributed by atoms with Crippen LogP contribution in [0.3, 0.4) is 0 Å². The maximum Gasteiger partial charge on any atom is 0.0945 e. The number of hydrogen-bond acceptors (Lipinski definition) is 3. The summed E-state index contributed by atoms with van der Waals surface area (Å²) in [6, 6.07) is 8.27. The van der Waals surface area contributed by atoms with Gasteiger partial charge in [0.1, 0.15) is 0 Å². The molecule has 2 atom stereocenters. The number of benzene rings is 1. The Morgan fingerprint density at radius 2 is 1.80 bits per heavy atom. The first-order valence-corrected chi connectivity index (χ1v) is 7.71. The van der Waals surface area contributed by atoms with Crippen molar-refractivity contribution in [2.75, 3.05) is 13.2 Å². The molecule has 2 unspecified atom stereocenters. The van der Waals surface area contributed by atoms with Crippen LogP contribution < -0.4 is 5.32 Å². The smallest absolute Gasteiger partial charge is 0.0945 e. The van der Waals surface area contributed by atoms with Gasteiger partial charge in [0.2, 0.25) is 0 Å². The molecule has 1 aromatic rings. The number of hydrogen-bond donors (Lipinski definition) is 3. The Morgan fingerprint density at radius 1 is 1.15 bits per heavy atom. The molecule has 0 saturated heterocycles. The molecule has 3 N–H and O–H groups in total. The zero-order chi connectivity index (χ0) is 15.0. The lowest BCUT2D eigenvalue weighted by molar-refractivity contribution is 0.104. The number of aliphatic hydroxyl groups excluding tert-OH is 2. The maximum absolute atomic E-state index is 10.5. The van der Waals surface area contributed by atoms with Crippen LogP contribution in [0.1, 0.15) is 50.8 Å². The quantitative estimate of drug-likeness (QED) is 0.609. The van der Waals surface area contributed by atoms with Crippen molar-refractivity contribution >= 4 is 0 Å². The predicted molar refractivity (Wildman–Crippen MR) is 83.7 cm³/mol. The molecule has 3 heteroatoms. The van der Waals surface area contributed by atoms with E-state index >= 15 is 0 Å². The van der Waals surface area contributed by atoms with Crippen molar-refractivity contribution < 1.29 is 10.2 Å². The molecule has 0 fully saturated rings. The fraction of sp³-hybridized carbons (Fsp3) is 0.647. The molecule has 0 heterocycles. The number of nitrogens with one attached hydrogen (secondary N) is 1. The van der Waals surface area contributed by atoms with Gasteiger partial charge < -0.3 is 15.5 Å². The van der Waals surface area contributed by atoms with Gasteiger partial charge in [-0.2, -0.15) is 0 Å². The molecule has 3 nitrogen and oxygen atoms in total. The van der Waals surface area contributed by atoms with Crippen LogP contribution in [0, 0.1) is 5.92 Å². The third kappa shape index (κ3) is 5.23. The first-order chi connectivity index (χ1) is 9.60. The molecule has 0 amide bonds. The minimum atomic E-state index is -0.510. The number of rotatable bonds is 9. The Hall–Kier alpha value is -0.900. The van der Waals surface area contributed by atoms with Crippen molar-refractivity contribution in [1.29, 1.82) is 0 Å². The molecule has 1 aromatic carbocycles. The van der Waals surface area contributed by atoms with E-state index in [0.29, 0.717) is 12.3 Å². The average molecular weight is 279 g/mol. The molecule has 0 bridgehead atoms. The second-order valence-electron chi connectivity index (χ2n) is 5.74. The van der Waals surface area contributed by atoms with Crippen LogP contribution in [0.25, 0.3) is 0 Å². The summed E-state index contributed by atoms with van der Waals surface area (Å²) in [6.07, 6.45) is 2.42. The highest BCUT2D eigenvalue weighted by Gasteiger charge is 2.23. The summed E-state index contributed by atoms with van der Waals surface area (Å²) >= 11 is 0. The fourth-order valence-electron chi connectivity index (χ4n) is 2.44. The molecule has 0 spiro atoms. The van der Waals surface area contributed by atoms with E-state index in [0.717, 1.165) is 24.9 Å². The van der Waals surface area contributed by atoms with Crippen molar-refractivity contribution in [1.82, 2.24) is 5.32 Å². The normalized spacial score (nSPS) is 14.5. The van der Waals surface area contributed by atoms with Gasteiger partial charge in [-0.15, -0.1) is 0 Å². The lowest BCUT2D eigenvalue weighted by Crippen LogP contribution is -2.40. The van der Waals surface area contributed by atoms with E-state index in [1.54, 1.807) is 0 Å². The van der Waals surface area contributed by atoms with Crippen molar-refractivity contribution in [3.05, 3.63) is 35.4 Å². The van der Waals surface area contributed by atoms with E-state index in [2.05, 4.69) is 38.2 Å². The van der Waals surface area contributed by atoms with Gasteiger partial charge in [-0.1, -0.05) is 51.5 Å². The average Bonchev–Trinajstić information content (AvgIpc) is 2.44. The zero-order valence-corrected chi connectivity index (χ0v) is 13.0. The van der Waals surface area contributed by atoms with Crippen LogP contribution in [0.15, 0.2) is 24.3 Å². The first kappa shape index (κ1) is 17.2. The van der Waals surface area contributed by atoms with Gasteiger partial charge in [-0.25, -0.2) is 0 Å². The van der Waals surface area contributed by atoms with E-state index in [1.807, 2.05) is 12.1 Å². The van der Waals surface area contributed by atoms with Crippen LogP contribution in [0.5, 0.6) is 0 Å². The SMILES string of the molecule is CCCc1ccc(C(O)C(NCCCO)C(C)C)cc1. The number of aryl methyl sites for hydroxylation is 1. The Bertz CT molecular complexity index is 362. The van der Waals surface area contributed by atoms with Crippen molar-refractivity contribution in [2.45, 2.75) is 52.2 Å². The fourth-order valence-corrected chi connectivity index (χ4v) is 2.44. The molecule has 0 aliphatic carbocycles. The second-order valence-corrected chi connectivity index (χ2v) is 5.74. The van der Waals surface area contributed by atoms with Gasteiger partial charge in [0.15, 0.2) is 0 Å². The Morgan fingerprint density at radius 3 is 2.30 bits per heavy atom. The molecule has 1 rings (SSSR count). The van der Waals surface area contributed by atoms with Crippen LogP contribution in [0.2, 0.25) is 0 Å². The lowest BCUT2D eigenvalue weighted by Gasteiger charge is -2.28. The lowest BCUT2D eigenvalue weighted by atomic mass is 9.92. The van der Waals surface area contributed by atoms with Gasteiger partial charge in [-0.05, 0) is 36.4 Å². The summed E-state index contributed by atoms with van der Waals surface area (Å²) in [7, 11) is 0. The molecule has 0 aromatic heterocycles. The minimum absolute atomic E-state index is 0.0126. The third-order valence-electron chi connectivity index (χ3n) is 3.63. The maximum atomic E-state index is 10.5. The van der Waals surface area contributed by atoms with Gasteiger partial charge in [-0.3, -0.25) is 0 Å². The standard InChI is InChI=1S/C17H29NO2/c1-4-6-14-7-9-15(10-8-14)17(20)16(13(2)3)18-11-5-12-19/h7-10,13,16-20H,4-6,11-12H2,1-3H3. The molecule has 0 radical (unpaired) electrons. The molecule has 0 aliphatic rings. The number of aliphatic hydroxyl groups is 2. The van der Waals surface area contributed by atoms with Crippen molar-refractivity contribution in [2.24, 2.45) is 5.92 Å². The van der Waals surface area contributed by atoms with Crippen molar-refractivity contribution in [3.63, 3.8) is 0 Å². The van der Waals surface area contributed by atoms with Gasteiger partial charge in [0, 0.05) is 12.6 Å². The van der Waals surface area contributed by atoms with Crippen LogP contribution in [0.4, 0.5) is 0 Å². The molecular formula is C17H29NO2. The van der Waals surface area contributed by atoms with E-state index in [-0.39, 0.29) is 12.6 Å². The third-order valence-corrected chi connectivity index (χ3v) is 3.63. The summed E-state index contributed by atoms with van der Waals surface area (Å²) in [6.45, 7) is 7.28. The summed E-state index contributed by atoms with van der Waals surface area (Å²) < 4.78 is 0. The highest BCUT2D eigenvalue weighted by atomic mass is 16.3. The van der Waals surface area contributed by atoms with Crippen LogP contribution in [-0.2, 0) is 6.42 Å². The van der Waals surface area contributed by atoms with E-state index in [9.17, 15) is 5.11 Å². The minimum Gasteiger partial charge on any atom is -0.396 e. The van der Waals surface area contributed by atoms with Crippen molar-refractivity contribution in [3.8, 4) is 0 Å². The highest BCUT2D eigenvalue weighted by molar-refractivity contribution is 5.25. The van der Waals surface area contributed by atoms with E-state index in [4.69, 9.17) is 5.11 Å². The summed E-state index contributed by atoms with van der Waals surface area (Å²) in [4.78, 5) is 0. The molecule has 0 aliphatic heterocycles. The monoisotopic (exact) mass is 279 g/mol. The Labute approximate surface area is 123 Å². The highest BCUT2D eigenvalue weighted by Crippen LogP contribution is 2.22. The zero-order valence-electron chi connectivity index (χ0n) is 13.0. The molecule has 0 saturated carbocycles. The predicted octanol–water partition coefficient (Wildman–Crippen LogP) is 2.67. The molecule has 20 heavy (non-hydrogen) atoms. The van der Waals surface area contributed by atoms with E-state index in [1.165, 1.54) is 5.56 Å². The van der Waals surface area contributed by atoms with Gasteiger partial charge >= 0.3 is 0 Å². The van der Waals surface area contributed by atoms with Gasteiger partial charge in [0.05, 0.1) is 6.10 Å². The first-order valence-electron chi connectivity index (χ1n) is 7.71.